The molecule has 1 atom stereocenters. The average molecular weight is 314 g/mol. The molecule has 0 aliphatic carbocycles. The van der Waals surface area contributed by atoms with Crippen molar-refractivity contribution >= 4 is 11.6 Å². The van der Waals surface area contributed by atoms with Crippen LogP contribution in [0.2, 0.25) is 0 Å². The fourth-order valence-electron chi connectivity index (χ4n) is 2.78. The second-order valence-electron chi connectivity index (χ2n) is 5.98. The predicted molar refractivity (Wildman–Crippen MR) is 88.8 cm³/mol. The van der Waals surface area contributed by atoms with E-state index in [1.54, 1.807) is 0 Å². The third-order valence-corrected chi connectivity index (χ3v) is 4.11. The van der Waals surface area contributed by atoms with Crippen molar-refractivity contribution in [3.63, 3.8) is 0 Å². The van der Waals surface area contributed by atoms with Gasteiger partial charge in [-0.3, -0.25) is 4.79 Å². The number of ether oxygens (including phenoxy) is 1. The molecule has 0 radical (unpaired) electrons. The van der Waals surface area contributed by atoms with Crippen molar-refractivity contribution in [2.45, 2.75) is 13.0 Å². The molecule has 0 saturated carbocycles. The van der Waals surface area contributed by atoms with Gasteiger partial charge in [-0.25, -0.2) is 0 Å². The van der Waals surface area contributed by atoms with Gasteiger partial charge < -0.3 is 19.0 Å². The summed E-state index contributed by atoms with van der Waals surface area (Å²) >= 11 is 0. The first-order valence-corrected chi connectivity index (χ1v) is 7.78. The van der Waals surface area contributed by atoms with Crippen molar-refractivity contribution in [2.24, 2.45) is 0 Å². The Morgan fingerprint density at radius 1 is 1.17 bits per heavy atom. The summed E-state index contributed by atoms with van der Waals surface area (Å²) in [6.45, 7) is 3.49. The van der Waals surface area contributed by atoms with Crippen LogP contribution in [-0.4, -0.2) is 44.7 Å². The topological polar surface area (TPSA) is 45.9 Å². The lowest BCUT2D eigenvalue weighted by atomic mass is 10.1. The van der Waals surface area contributed by atoms with Gasteiger partial charge in [-0.1, -0.05) is 0 Å². The Hall–Kier alpha value is -2.27. The summed E-state index contributed by atoms with van der Waals surface area (Å²) in [4.78, 5) is 16.7. The molecule has 2 heterocycles. The quantitative estimate of drug-likeness (QED) is 0.874. The van der Waals surface area contributed by atoms with E-state index in [4.69, 9.17) is 9.15 Å². The zero-order valence-corrected chi connectivity index (χ0v) is 13.8. The number of amides is 1. The van der Waals surface area contributed by atoms with Crippen LogP contribution in [0, 0.1) is 6.92 Å². The van der Waals surface area contributed by atoms with Gasteiger partial charge in [-0.2, -0.15) is 0 Å². The van der Waals surface area contributed by atoms with Crippen LogP contribution in [-0.2, 0) is 4.74 Å². The van der Waals surface area contributed by atoms with Crippen LogP contribution >= 0.6 is 0 Å². The minimum absolute atomic E-state index is 0.0117. The first-order chi connectivity index (χ1) is 11.1. The number of morpholine rings is 1. The lowest BCUT2D eigenvalue weighted by Gasteiger charge is -2.34. The summed E-state index contributed by atoms with van der Waals surface area (Å²) in [5.41, 5.74) is 1.76. The summed E-state index contributed by atoms with van der Waals surface area (Å²) in [5, 5.41) is 0. The fraction of sp³-hybridized carbons (Fsp3) is 0.389. The van der Waals surface area contributed by atoms with Gasteiger partial charge >= 0.3 is 0 Å². The summed E-state index contributed by atoms with van der Waals surface area (Å²) in [7, 11) is 3.96. The lowest BCUT2D eigenvalue weighted by molar-refractivity contribution is -0.00894. The van der Waals surface area contributed by atoms with Crippen molar-refractivity contribution in [1.82, 2.24) is 4.90 Å². The molecule has 122 valence electrons. The monoisotopic (exact) mass is 314 g/mol. The van der Waals surface area contributed by atoms with Crippen LogP contribution < -0.4 is 4.90 Å². The molecule has 1 aromatic carbocycles. The van der Waals surface area contributed by atoms with E-state index in [9.17, 15) is 4.79 Å². The highest BCUT2D eigenvalue weighted by Crippen LogP contribution is 2.27. The number of benzene rings is 1. The molecule has 1 saturated heterocycles. The molecule has 1 aromatic heterocycles. The van der Waals surface area contributed by atoms with Crippen LogP contribution in [0.4, 0.5) is 5.69 Å². The maximum Gasteiger partial charge on any atom is 0.254 e. The van der Waals surface area contributed by atoms with E-state index in [0.717, 1.165) is 17.2 Å². The fourth-order valence-corrected chi connectivity index (χ4v) is 2.78. The van der Waals surface area contributed by atoms with Gasteiger partial charge in [0.25, 0.3) is 5.91 Å². The molecule has 5 heteroatoms. The van der Waals surface area contributed by atoms with E-state index in [0.29, 0.717) is 25.3 Å². The van der Waals surface area contributed by atoms with Crippen LogP contribution in [0.1, 0.15) is 27.9 Å². The SMILES string of the molecule is Cc1ccc([C@H]2COCCN2C(=O)c2ccc(N(C)C)cc2)o1. The standard InChI is InChI=1S/C18H22N2O3/c1-13-4-9-17(23-13)16-12-22-11-10-20(16)18(21)14-5-7-15(8-6-14)19(2)3/h4-9,16H,10-12H2,1-3H3/t16-/m1/s1. The molecule has 1 aliphatic rings. The first-order valence-electron chi connectivity index (χ1n) is 7.78. The van der Waals surface area contributed by atoms with Gasteiger partial charge in [-0.05, 0) is 43.3 Å². The Morgan fingerprint density at radius 3 is 2.52 bits per heavy atom. The van der Waals surface area contributed by atoms with E-state index in [1.165, 1.54) is 0 Å². The van der Waals surface area contributed by atoms with Crippen LogP contribution in [0.3, 0.4) is 0 Å². The van der Waals surface area contributed by atoms with E-state index in [-0.39, 0.29) is 11.9 Å². The summed E-state index contributed by atoms with van der Waals surface area (Å²) < 4.78 is 11.3. The molecule has 1 fully saturated rings. The minimum atomic E-state index is -0.168. The Bertz CT molecular complexity index is 676. The molecule has 0 bridgehead atoms. The van der Waals surface area contributed by atoms with Gasteiger partial charge in [0.1, 0.15) is 17.6 Å². The second kappa shape index (κ2) is 6.46. The Morgan fingerprint density at radius 2 is 1.91 bits per heavy atom. The normalized spacial score (nSPS) is 18.0. The molecule has 3 rings (SSSR count). The van der Waals surface area contributed by atoms with Crippen molar-refractivity contribution in [3.8, 4) is 0 Å². The largest absolute Gasteiger partial charge is 0.464 e. The zero-order valence-electron chi connectivity index (χ0n) is 13.8. The van der Waals surface area contributed by atoms with Crippen LogP contribution in [0.5, 0.6) is 0 Å². The van der Waals surface area contributed by atoms with Gasteiger partial charge in [0, 0.05) is 31.9 Å². The van der Waals surface area contributed by atoms with E-state index < -0.39 is 0 Å². The van der Waals surface area contributed by atoms with Gasteiger partial charge in [0.2, 0.25) is 0 Å². The van der Waals surface area contributed by atoms with Crippen LogP contribution in [0.15, 0.2) is 40.8 Å². The number of anilines is 1. The molecule has 23 heavy (non-hydrogen) atoms. The van der Waals surface area contributed by atoms with E-state index in [2.05, 4.69) is 0 Å². The molecule has 1 aliphatic heterocycles. The smallest absolute Gasteiger partial charge is 0.254 e. The molecule has 1 amide bonds. The maximum atomic E-state index is 12.9. The zero-order chi connectivity index (χ0) is 16.4. The number of aryl methyl sites for hydroxylation is 1. The highest BCUT2D eigenvalue weighted by atomic mass is 16.5. The number of carbonyl (C=O) groups excluding carboxylic acids is 1. The van der Waals surface area contributed by atoms with Gasteiger partial charge in [-0.15, -0.1) is 0 Å². The number of rotatable bonds is 3. The highest BCUT2D eigenvalue weighted by molar-refractivity contribution is 5.95. The van der Waals surface area contributed by atoms with Crippen molar-refractivity contribution in [1.29, 1.82) is 0 Å². The molecule has 5 nitrogen and oxygen atoms in total. The van der Waals surface area contributed by atoms with E-state index in [1.807, 2.05) is 67.2 Å². The lowest BCUT2D eigenvalue weighted by Crippen LogP contribution is -2.43. The van der Waals surface area contributed by atoms with Gasteiger partial charge in [0.15, 0.2) is 0 Å². The second-order valence-corrected chi connectivity index (χ2v) is 5.98. The number of nitrogens with zero attached hydrogens (tertiary/aromatic N) is 2. The third kappa shape index (κ3) is 3.24. The molecular formula is C18H22N2O3. The Labute approximate surface area is 136 Å². The van der Waals surface area contributed by atoms with Crippen molar-refractivity contribution in [3.05, 3.63) is 53.5 Å². The molecule has 0 unspecified atom stereocenters. The minimum Gasteiger partial charge on any atom is -0.464 e. The molecule has 0 N–H and O–H groups in total. The number of hydrogen-bond acceptors (Lipinski definition) is 4. The number of furan rings is 1. The number of hydrogen-bond donors (Lipinski definition) is 0. The summed E-state index contributed by atoms with van der Waals surface area (Å²) in [6, 6.07) is 11.3. The molecule has 0 spiro atoms. The Kier molecular flexibility index (Phi) is 4.39. The first kappa shape index (κ1) is 15.6. The van der Waals surface area contributed by atoms with Crippen molar-refractivity contribution in [2.75, 3.05) is 38.8 Å². The van der Waals surface area contributed by atoms with Gasteiger partial charge in [0.05, 0.1) is 13.2 Å². The highest BCUT2D eigenvalue weighted by Gasteiger charge is 2.31. The van der Waals surface area contributed by atoms with Crippen molar-refractivity contribution < 1.29 is 13.9 Å². The summed E-state index contributed by atoms with van der Waals surface area (Å²) in [5.74, 6) is 1.63. The maximum absolute atomic E-state index is 12.9. The number of carbonyl (C=O) groups is 1. The van der Waals surface area contributed by atoms with E-state index >= 15 is 0 Å². The summed E-state index contributed by atoms with van der Waals surface area (Å²) in [6.07, 6.45) is 0. The third-order valence-electron chi connectivity index (χ3n) is 4.11. The van der Waals surface area contributed by atoms with Crippen LogP contribution in [0.25, 0.3) is 0 Å². The predicted octanol–water partition coefficient (Wildman–Crippen LogP) is 2.87. The Balaban J connectivity index is 1.83. The molecule has 2 aromatic rings. The molecular weight excluding hydrogens is 292 g/mol. The average Bonchev–Trinajstić information content (AvgIpc) is 3.00.